The molecule has 1 aromatic rings. The van der Waals surface area contributed by atoms with E-state index in [-0.39, 0.29) is 17.6 Å². The fraction of sp³-hybridized carbons (Fsp3) is 0.533. The summed E-state index contributed by atoms with van der Waals surface area (Å²) in [6.45, 7) is 1.95. The van der Waals surface area contributed by atoms with Gasteiger partial charge in [-0.2, -0.15) is 0 Å². The Labute approximate surface area is 119 Å². The molecule has 0 radical (unpaired) electrons. The zero-order valence-corrected chi connectivity index (χ0v) is 12.2. The van der Waals surface area contributed by atoms with Gasteiger partial charge >= 0.3 is 0 Å². The van der Waals surface area contributed by atoms with Gasteiger partial charge in [-0.3, -0.25) is 4.79 Å². The summed E-state index contributed by atoms with van der Waals surface area (Å²) in [5, 5.41) is 3.87. The molecule has 1 aliphatic carbocycles. The lowest BCUT2D eigenvalue weighted by atomic mass is 10.0. The number of halogens is 1. The summed E-state index contributed by atoms with van der Waals surface area (Å²) in [4.78, 5) is 12.0. The van der Waals surface area contributed by atoms with E-state index in [0.717, 1.165) is 24.3 Å². The van der Waals surface area contributed by atoms with Crippen LogP contribution in [0.15, 0.2) is 24.3 Å². The molecule has 1 fully saturated rings. The molecule has 1 aromatic carbocycles. The van der Waals surface area contributed by atoms with E-state index >= 15 is 0 Å². The molecule has 0 heterocycles. The highest BCUT2D eigenvalue weighted by Crippen LogP contribution is 2.39. The lowest BCUT2D eigenvalue weighted by Crippen LogP contribution is -2.44. The second-order valence-corrected chi connectivity index (χ2v) is 5.64. The minimum absolute atomic E-state index is 0.00327. The summed E-state index contributed by atoms with van der Waals surface area (Å²) in [5.41, 5.74) is 1.13. The van der Waals surface area contributed by atoms with E-state index in [0.29, 0.717) is 6.42 Å². The summed E-state index contributed by atoms with van der Waals surface area (Å²) in [5.74, 6) is -0.00327. The van der Waals surface area contributed by atoms with E-state index in [9.17, 15) is 4.79 Å². The third kappa shape index (κ3) is 3.71. The summed E-state index contributed by atoms with van der Waals surface area (Å²) >= 11 is 5.88. The average Bonchev–Trinajstić information content (AvgIpc) is 3.13. The maximum atomic E-state index is 12.0. The van der Waals surface area contributed by atoms with Crippen LogP contribution in [0, 0.1) is 0 Å². The molecule has 1 atom stereocenters. The smallest absolute Gasteiger partial charge is 0.249 e. The lowest BCUT2D eigenvalue weighted by molar-refractivity contribution is -0.132. The molecular weight excluding hydrogens is 262 g/mol. The monoisotopic (exact) mass is 281 g/mol. The van der Waals surface area contributed by atoms with Crippen molar-refractivity contribution < 1.29 is 9.53 Å². The molecule has 0 aliphatic heterocycles. The lowest BCUT2D eigenvalue weighted by Gasteiger charge is -2.21. The molecule has 1 amide bonds. The van der Waals surface area contributed by atoms with Crippen molar-refractivity contribution in [2.75, 3.05) is 7.11 Å². The van der Waals surface area contributed by atoms with Gasteiger partial charge in [0, 0.05) is 17.7 Å². The molecule has 1 aliphatic rings. The fourth-order valence-electron chi connectivity index (χ4n) is 2.29. The van der Waals surface area contributed by atoms with Gasteiger partial charge in [0.2, 0.25) is 5.91 Å². The van der Waals surface area contributed by atoms with Gasteiger partial charge in [0.05, 0.1) is 0 Å². The molecular formula is C15H20ClNO2. The minimum Gasteiger partial charge on any atom is -0.372 e. The van der Waals surface area contributed by atoms with Crippen molar-refractivity contribution in [3.63, 3.8) is 0 Å². The Morgan fingerprint density at radius 1 is 1.42 bits per heavy atom. The Morgan fingerprint density at radius 3 is 2.53 bits per heavy atom. The quantitative estimate of drug-likeness (QED) is 0.871. The molecule has 0 bridgehead atoms. The first-order chi connectivity index (χ1) is 9.08. The summed E-state index contributed by atoms with van der Waals surface area (Å²) < 4.78 is 5.17. The third-order valence-corrected chi connectivity index (χ3v) is 3.90. The summed E-state index contributed by atoms with van der Waals surface area (Å²) in [6.07, 6.45) is 3.26. The number of amides is 1. The molecule has 1 saturated carbocycles. The van der Waals surface area contributed by atoms with Crippen molar-refractivity contribution in [2.45, 2.75) is 44.2 Å². The topological polar surface area (TPSA) is 38.3 Å². The van der Waals surface area contributed by atoms with Crippen molar-refractivity contribution >= 4 is 17.5 Å². The van der Waals surface area contributed by atoms with Crippen LogP contribution >= 0.6 is 11.6 Å². The van der Waals surface area contributed by atoms with E-state index in [2.05, 4.69) is 5.32 Å². The molecule has 0 aromatic heterocycles. The van der Waals surface area contributed by atoms with Crippen molar-refractivity contribution in [3.05, 3.63) is 34.9 Å². The van der Waals surface area contributed by atoms with Crippen LogP contribution < -0.4 is 5.32 Å². The zero-order chi connectivity index (χ0) is 13.9. The van der Waals surface area contributed by atoms with Crippen molar-refractivity contribution in [1.82, 2.24) is 5.32 Å². The van der Waals surface area contributed by atoms with E-state index in [1.165, 1.54) is 5.56 Å². The molecule has 19 heavy (non-hydrogen) atoms. The number of methoxy groups -OCH3 is 1. The van der Waals surface area contributed by atoms with Crippen molar-refractivity contribution in [2.24, 2.45) is 0 Å². The number of nitrogens with one attached hydrogen (secondary N) is 1. The number of carbonyl (C=O) groups excluding carboxylic acids is 1. The van der Waals surface area contributed by atoms with Gasteiger partial charge in [0.25, 0.3) is 0 Å². The maximum absolute atomic E-state index is 12.0. The predicted octanol–water partition coefficient (Wildman–Crippen LogP) is 2.96. The Balaban J connectivity index is 1.96. The van der Waals surface area contributed by atoms with Crippen LogP contribution in [0.1, 0.15) is 31.7 Å². The van der Waals surface area contributed by atoms with E-state index < -0.39 is 0 Å². The van der Waals surface area contributed by atoms with Gasteiger partial charge in [-0.25, -0.2) is 0 Å². The normalized spacial score (nSPS) is 17.8. The molecule has 104 valence electrons. The number of hydrogen-bond donors (Lipinski definition) is 1. The number of hydrogen-bond acceptors (Lipinski definition) is 2. The summed E-state index contributed by atoms with van der Waals surface area (Å²) in [6, 6.07) is 7.81. The van der Waals surface area contributed by atoms with Crippen LogP contribution in [-0.2, 0) is 16.0 Å². The highest BCUT2D eigenvalue weighted by molar-refractivity contribution is 6.30. The largest absolute Gasteiger partial charge is 0.372 e. The minimum atomic E-state index is -0.345. The predicted molar refractivity (Wildman–Crippen MR) is 76.4 cm³/mol. The van der Waals surface area contributed by atoms with E-state index in [1.54, 1.807) is 7.11 Å². The first-order valence-electron chi connectivity index (χ1n) is 6.68. The Hall–Kier alpha value is -1.06. The second kappa shape index (κ2) is 5.93. The molecule has 0 saturated heterocycles. The molecule has 4 heteroatoms. The molecule has 1 N–H and O–H groups in total. The summed E-state index contributed by atoms with van der Waals surface area (Å²) in [7, 11) is 1.58. The van der Waals surface area contributed by atoms with E-state index in [1.807, 2.05) is 31.2 Å². The Morgan fingerprint density at radius 2 is 2.05 bits per heavy atom. The number of rotatable bonds is 6. The maximum Gasteiger partial charge on any atom is 0.249 e. The number of benzene rings is 1. The highest BCUT2D eigenvalue weighted by Gasteiger charge is 2.44. The molecule has 0 unspecified atom stereocenters. The molecule has 2 rings (SSSR count). The van der Waals surface area contributed by atoms with E-state index in [4.69, 9.17) is 16.3 Å². The van der Waals surface area contributed by atoms with Gasteiger partial charge in [-0.15, -0.1) is 0 Å². The van der Waals surface area contributed by atoms with Gasteiger partial charge in [0.15, 0.2) is 0 Å². The van der Waals surface area contributed by atoms with Crippen LogP contribution in [0.3, 0.4) is 0 Å². The number of ether oxygens (including phenoxy) is 1. The highest BCUT2D eigenvalue weighted by atomic mass is 35.5. The van der Waals surface area contributed by atoms with Crippen LogP contribution in [0.25, 0.3) is 0 Å². The van der Waals surface area contributed by atoms with Crippen LogP contribution in [-0.4, -0.2) is 24.7 Å². The Kier molecular flexibility index (Phi) is 4.48. The molecule has 3 nitrogen and oxygen atoms in total. The molecule has 0 spiro atoms. The standard InChI is InChI=1S/C15H20ClNO2/c1-3-13(19-2)14(18)17-15(8-9-15)10-11-4-6-12(16)7-5-11/h4-7,13H,3,8-10H2,1-2H3,(H,17,18)/t13-/m1/s1. The first-order valence-corrected chi connectivity index (χ1v) is 7.05. The van der Waals surface area contributed by atoms with Crippen molar-refractivity contribution in [1.29, 1.82) is 0 Å². The fourth-order valence-corrected chi connectivity index (χ4v) is 2.42. The SMILES string of the molecule is CC[C@@H](OC)C(=O)NC1(Cc2ccc(Cl)cc2)CC1. The van der Waals surface area contributed by atoms with Gasteiger partial charge in [0.1, 0.15) is 6.10 Å². The van der Waals surface area contributed by atoms with Crippen molar-refractivity contribution in [3.8, 4) is 0 Å². The second-order valence-electron chi connectivity index (χ2n) is 5.21. The van der Waals surface area contributed by atoms with Gasteiger partial charge < -0.3 is 10.1 Å². The first kappa shape index (κ1) is 14.4. The number of carbonyl (C=O) groups is 1. The van der Waals surface area contributed by atoms with Crippen LogP contribution in [0.2, 0.25) is 5.02 Å². The van der Waals surface area contributed by atoms with Gasteiger partial charge in [-0.1, -0.05) is 30.7 Å². The van der Waals surface area contributed by atoms with Gasteiger partial charge in [-0.05, 0) is 43.4 Å². The van der Waals surface area contributed by atoms with Crippen LogP contribution in [0.5, 0.6) is 0 Å². The third-order valence-electron chi connectivity index (χ3n) is 3.65. The average molecular weight is 282 g/mol. The van der Waals surface area contributed by atoms with Crippen LogP contribution in [0.4, 0.5) is 0 Å². The Bertz CT molecular complexity index is 436. The zero-order valence-electron chi connectivity index (χ0n) is 11.4.